The highest BCUT2D eigenvalue weighted by atomic mass is 32.2. The lowest BCUT2D eigenvalue weighted by atomic mass is 10.1. The molecule has 0 aliphatic rings. The van der Waals surface area contributed by atoms with Crippen molar-refractivity contribution in [1.29, 1.82) is 0 Å². The Labute approximate surface area is 172 Å². The van der Waals surface area contributed by atoms with Crippen LogP contribution in [0.5, 0.6) is 0 Å². The van der Waals surface area contributed by atoms with E-state index in [1.165, 1.54) is 11.8 Å². The molecule has 4 rings (SSSR count). The van der Waals surface area contributed by atoms with Gasteiger partial charge >= 0.3 is 0 Å². The molecular formula is C20H23N7OS. The summed E-state index contributed by atoms with van der Waals surface area (Å²) in [5.74, 6) is 1.47. The summed E-state index contributed by atoms with van der Waals surface area (Å²) in [6.45, 7) is 7.05. The fourth-order valence-corrected chi connectivity index (χ4v) is 3.88. The summed E-state index contributed by atoms with van der Waals surface area (Å²) in [7, 11) is 0. The van der Waals surface area contributed by atoms with Gasteiger partial charge in [-0.15, -0.1) is 5.10 Å². The highest BCUT2D eigenvalue weighted by Gasteiger charge is 2.16. The maximum Gasteiger partial charge on any atom is 0.253 e. The van der Waals surface area contributed by atoms with Gasteiger partial charge in [-0.1, -0.05) is 23.9 Å². The Hall–Kier alpha value is -2.94. The van der Waals surface area contributed by atoms with Gasteiger partial charge < -0.3 is 9.88 Å². The first-order valence-corrected chi connectivity index (χ1v) is 10.7. The van der Waals surface area contributed by atoms with Crippen molar-refractivity contribution < 1.29 is 4.79 Å². The summed E-state index contributed by atoms with van der Waals surface area (Å²) < 4.78 is 3.83. The first-order valence-electron chi connectivity index (χ1n) is 9.43. The summed E-state index contributed by atoms with van der Waals surface area (Å²) >= 11 is 1.47. The van der Waals surface area contributed by atoms with E-state index in [0.29, 0.717) is 24.0 Å². The number of benzene rings is 1. The maximum absolute atomic E-state index is 12.6. The number of fused-ring (bicyclic) bond motifs is 2. The molecule has 3 aromatic heterocycles. The van der Waals surface area contributed by atoms with Crippen molar-refractivity contribution in [3.63, 3.8) is 0 Å². The number of carbonyl (C=O) groups is 1. The van der Waals surface area contributed by atoms with Crippen molar-refractivity contribution in [1.82, 2.24) is 34.4 Å². The largest absolute Gasteiger partial charge is 0.354 e. The van der Waals surface area contributed by atoms with Gasteiger partial charge in [0.05, 0.1) is 17.5 Å². The van der Waals surface area contributed by atoms with Crippen LogP contribution in [0.25, 0.3) is 16.8 Å². The predicted molar refractivity (Wildman–Crippen MR) is 113 cm³/mol. The zero-order valence-corrected chi connectivity index (χ0v) is 17.7. The van der Waals surface area contributed by atoms with Crippen LogP contribution in [-0.2, 0) is 17.8 Å². The lowest BCUT2D eigenvalue weighted by Crippen LogP contribution is -2.29. The quantitative estimate of drug-likeness (QED) is 0.492. The molecule has 8 nitrogen and oxygen atoms in total. The van der Waals surface area contributed by atoms with Gasteiger partial charge in [-0.25, -0.2) is 14.5 Å². The number of nitrogens with zero attached hydrogens (tertiary/aromatic N) is 6. The molecule has 0 spiro atoms. The zero-order chi connectivity index (χ0) is 20.5. The number of para-hydroxylation sites is 2. The lowest BCUT2D eigenvalue weighted by Gasteiger charge is -2.12. The standard InChI is InChI=1S/C20H23N7OS/c1-12-15(13(2)27-19(22-12)24-20(25-27)29-4)11-18(28)21-9-10-26-14(3)23-16-7-5-6-8-17(16)26/h5-8H,9-11H2,1-4H3,(H,21,28). The van der Waals surface area contributed by atoms with Crippen LogP contribution in [0.1, 0.15) is 22.8 Å². The fourth-order valence-electron chi connectivity index (χ4n) is 3.54. The second-order valence-corrected chi connectivity index (χ2v) is 7.67. The molecule has 1 amide bonds. The van der Waals surface area contributed by atoms with Crippen LogP contribution in [0.4, 0.5) is 0 Å². The first-order chi connectivity index (χ1) is 14.0. The third kappa shape index (κ3) is 3.69. The van der Waals surface area contributed by atoms with Gasteiger partial charge in [-0.3, -0.25) is 4.79 Å². The van der Waals surface area contributed by atoms with Gasteiger partial charge in [-0.2, -0.15) is 4.98 Å². The number of imidazole rings is 1. The van der Waals surface area contributed by atoms with Crippen molar-refractivity contribution in [2.45, 2.75) is 38.9 Å². The van der Waals surface area contributed by atoms with E-state index in [4.69, 9.17) is 0 Å². The number of hydrogen-bond acceptors (Lipinski definition) is 6. The summed E-state index contributed by atoms with van der Waals surface area (Å²) in [5.41, 5.74) is 4.64. The molecule has 0 radical (unpaired) electrons. The molecule has 3 heterocycles. The molecule has 1 N–H and O–H groups in total. The molecule has 0 saturated heterocycles. The molecule has 9 heteroatoms. The van der Waals surface area contributed by atoms with Gasteiger partial charge in [0.1, 0.15) is 5.82 Å². The van der Waals surface area contributed by atoms with E-state index in [1.54, 1.807) is 4.52 Å². The monoisotopic (exact) mass is 409 g/mol. The third-order valence-corrected chi connectivity index (χ3v) is 5.59. The van der Waals surface area contributed by atoms with Gasteiger partial charge in [0.15, 0.2) is 0 Å². The Balaban J connectivity index is 1.45. The van der Waals surface area contributed by atoms with Crippen LogP contribution in [0, 0.1) is 20.8 Å². The van der Waals surface area contributed by atoms with E-state index in [2.05, 4.69) is 29.9 Å². The lowest BCUT2D eigenvalue weighted by molar-refractivity contribution is -0.120. The van der Waals surface area contributed by atoms with Crippen LogP contribution in [0.2, 0.25) is 0 Å². The van der Waals surface area contributed by atoms with Gasteiger partial charge in [0.2, 0.25) is 11.1 Å². The Bertz CT molecular complexity index is 1210. The Morgan fingerprint density at radius 1 is 1.14 bits per heavy atom. The Morgan fingerprint density at radius 3 is 2.72 bits per heavy atom. The Kier molecular flexibility index (Phi) is 5.23. The molecule has 0 aliphatic carbocycles. The number of carbonyl (C=O) groups excluding carboxylic acids is 1. The van der Waals surface area contributed by atoms with Gasteiger partial charge in [0.25, 0.3) is 5.78 Å². The van der Waals surface area contributed by atoms with Crippen molar-refractivity contribution in [3.8, 4) is 0 Å². The molecular weight excluding hydrogens is 386 g/mol. The minimum absolute atomic E-state index is 0.0374. The topological polar surface area (TPSA) is 90.0 Å². The van der Waals surface area contributed by atoms with E-state index in [1.807, 2.05) is 51.3 Å². The van der Waals surface area contributed by atoms with Gasteiger partial charge in [0, 0.05) is 30.0 Å². The fraction of sp³-hybridized carbons (Fsp3) is 0.350. The van der Waals surface area contributed by atoms with Crippen LogP contribution in [0.3, 0.4) is 0 Å². The molecule has 1 aromatic carbocycles. The molecule has 0 aliphatic heterocycles. The molecule has 0 saturated carbocycles. The van der Waals surface area contributed by atoms with Crippen LogP contribution in [0.15, 0.2) is 29.4 Å². The number of aromatic nitrogens is 6. The molecule has 0 unspecified atom stereocenters. The number of thioether (sulfide) groups is 1. The predicted octanol–water partition coefficient (Wildman–Crippen LogP) is 2.48. The molecule has 0 bridgehead atoms. The van der Waals surface area contributed by atoms with E-state index in [0.717, 1.165) is 33.8 Å². The SMILES string of the molecule is CSc1nc2nc(C)c(CC(=O)NCCn3c(C)nc4ccccc43)c(C)n2n1. The third-order valence-electron chi connectivity index (χ3n) is 5.05. The molecule has 29 heavy (non-hydrogen) atoms. The number of rotatable bonds is 6. The summed E-state index contributed by atoms with van der Waals surface area (Å²) in [6, 6.07) is 8.03. The van der Waals surface area contributed by atoms with Crippen molar-refractivity contribution in [3.05, 3.63) is 47.0 Å². The smallest absolute Gasteiger partial charge is 0.253 e. The number of nitrogens with one attached hydrogen (secondary N) is 1. The van der Waals surface area contributed by atoms with Crippen molar-refractivity contribution >= 4 is 34.5 Å². The molecule has 4 aromatic rings. The van der Waals surface area contributed by atoms with Crippen LogP contribution < -0.4 is 5.32 Å². The molecule has 150 valence electrons. The van der Waals surface area contributed by atoms with E-state index >= 15 is 0 Å². The summed E-state index contributed by atoms with van der Waals surface area (Å²) in [5, 5.41) is 8.12. The van der Waals surface area contributed by atoms with Crippen molar-refractivity contribution in [2.24, 2.45) is 0 Å². The number of hydrogen-bond donors (Lipinski definition) is 1. The zero-order valence-electron chi connectivity index (χ0n) is 16.9. The Morgan fingerprint density at radius 2 is 1.93 bits per heavy atom. The number of aryl methyl sites for hydroxylation is 3. The second-order valence-electron chi connectivity index (χ2n) is 6.90. The van der Waals surface area contributed by atoms with E-state index in [-0.39, 0.29) is 12.3 Å². The molecule has 0 fully saturated rings. The first kappa shape index (κ1) is 19.4. The second kappa shape index (κ2) is 7.82. The normalized spacial score (nSPS) is 11.4. The molecule has 0 atom stereocenters. The van der Waals surface area contributed by atoms with Crippen LogP contribution >= 0.6 is 11.8 Å². The van der Waals surface area contributed by atoms with Gasteiger partial charge in [-0.05, 0) is 39.2 Å². The van der Waals surface area contributed by atoms with E-state index in [9.17, 15) is 4.79 Å². The summed E-state index contributed by atoms with van der Waals surface area (Å²) in [4.78, 5) is 26.0. The summed E-state index contributed by atoms with van der Waals surface area (Å²) in [6.07, 6.45) is 2.19. The minimum Gasteiger partial charge on any atom is -0.354 e. The van der Waals surface area contributed by atoms with Crippen LogP contribution in [-0.4, -0.2) is 47.8 Å². The van der Waals surface area contributed by atoms with Crippen molar-refractivity contribution in [2.75, 3.05) is 12.8 Å². The average Bonchev–Trinajstić information content (AvgIpc) is 3.26. The maximum atomic E-state index is 12.6. The van der Waals surface area contributed by atoms with E-state index < -0.39 is 0 Å². The number of amides is 1. The highest BCUT2D eigenvalue weighted by molar-refractivity contribution is 7.98. The average molecular weight is 410 g/mol. The minimum atomic E-state index is -0.0374. The highest BCUT2D eigenvalue weighted by Crippen LogP contribution is 2.17.